The Morgan fingerprint density at radius 2 is 2.12 bits per heavy atom. The summed E-state index contributed by atoms with van der Waals surface area (Å²) in [5.41, 5.74) is 0.520. The van der Waals surface area contributed by atoms with Gasteiger partial charge in [-0.2, -0.15) is 0 Å². The Balaban J connectivity index is 2.60. The second-order valence-electron chi connectivity index (χ2n) is 3.74. The number of benzene rings is 1. The summed E-state index contributed by atoms with van der Waals surface area (Å²) in [5, 5.41) is 11.7. The third-order valence-electron chi connectivity index (χ3n) is 2.03. The SMILES string of the molecule is CC(CO)CNc1cccc(OC(F)(F)F)c1. The van der Waals surface area contributed by atoms with E-state index in [-0.39, 0.29) is 18.3 Å². The summed E-state index contributed by atoms with van der Waals surface area (Å²) < 4.78 is 39.7. The Morgan fingerprint density at radius 3 is 2.71 bits per heavy atom. The number of anilines is 1. The number of halogens is 3. The quantitative estimate of drug-likeness (QED) is 0.842. The minimum Gasteiger partial charge on any atom is -0.406 e. The average molecular weight is 249 g/mol. The van der Waals surface area contributed by atoms with Crippen LogP contribution >= 0.6 is 0 Å². The van der Waals surface area contributed by atoms with Crippen molar-refractivity contribution >= 4 is 5.69 Å². The third kappa shape index (κ3) is 5.44. The molecule has 1 atom stereocenters. The zero-order valence-corrected chi connectivity index (χ0v) is 9.29. The highest BCUT2D eigenvalue weighted by molar-refractivity contribution is 5.48. The van der Waals surface area contributed by atoms with E-state index in [9.17, 15) is 13.2 Å². The second kappa shape index (κ2) is 5.77. The lowest BCUT2D eigenvalue weighted by molar-refractivity contribution is -0.274. The van der Waals surface area contributed by atoms with E-state index in [0.717, 1.165) is 0 Å². The molecule has 0 aliphatic rings. The fraction of sp³-hybridized carbons (Fsp3) is 0.455. The Hall–Kier alpha value is -1.43. The van der Waals surface area contributed by atoms with Gasteiger partial charge in [-0.05, 0) is 18.1 Å². The van der Waals surface area contributed by atoms with Crippen molar-refractivity contribution in [2.45, 2.75) is 13.3 Å². The maximum atomic E-state index is 12.0. The summed E-state index contributed by atoms with van der Waals surface area (Å²) >= 11 is 0. The van der Waals surface area contributed by atoms with Crippen molar-refractivity contribution in [1.82, 2.24) is 0 Å². The second-order valence-corrected chi connectivity index (χ2v) is 3.74. The van der Waals surface area contributed by atoms with Crippen molar-refractivity contribution in [2.24, 2.45) is 5.92 Å². The van der Waals surface area contributed by atoms with Crippen LogP contribution in [-0.2, 0) is 0 Å². The first kappa shape index (κ1) is 13.6. The van der Waals surface area contributed by atoms with Gasteiger partial charge in [0.2, 0.25) is 0 Å². The van der Waals surface area contributed by atoms with Gasteiger partial charge in [0.05, 0.1) is 0 Å². The Labute approximate surface area is 97.2 Å². The van der Waals surface area contributed by atoms with Crippen LogP contribution < -0.4 is 10.1 Å². The largest absolute Gasteiger partial charge is 0.573 e. The van der Waals surface area contributed by atoms with Crippen molar-refractivity contribution in [3.63, 3.8) is 0 Å². The summed E-state index contributed by atoms with van der Waals surface area (Å²) in [6, 6.07) is 5.59. The Kier molecular flexibility index (Phi) is 4.62. The van der Waals surface area contributed by atoms with E-state index in [4.69, 9.17) is 5.11 Å². The summed E-state index contributed by atoms with van der Waals surface area (Å²) in [6.45, 7) is 2.32. The number of alkyl halides is 3. The van der Waals surface area contributed by atoms with Gasteiger partial charge in [-0.15, -0.1) is 13.2 Å². The first-order valence-corrected chi connectivity index (χ1v) is 5.11. The maximum absolute atomic E-state index is 12.0. The van der Waals surface area contributed by atoms with Crippen LogP contribution in [0.15, 0.2) is 24.3 Å². The van der Waals surface area contributed by atoms with Crippen molar-refractivity contribution in [3.8, 4) is 5.75 Å². The Morgan fingerprint density at radius 1 is 1.41 bits per heavy atom. The zero-order valence-electron chi connectivity index (χ0n) is 9.29. The van der Waals surface area contributed by atoms with E-state index in [1.165, 1.54) is 18.2 Å². The molecule has 1 aromatic carbocycles. The number of nitrogens with one attached hydrogen (secondary N) is 1. The fourth-order valence-corrected chi connectivity index (χ4v) is 1.16. The normalized spacial score (nSPS) is 13.2. The van der Waals surface area contributed by atoms with Gasteiger partial charge in [-0.25, -0.2) is 0 Å². The van der Waals surface area contributed by atoms with E-state index in [1.54, 1.807) is 6.07 Å². The first-order valence-electron chi connectivity index (χ1n) is 5.11. The molecule has 0 spiro atoms. The minimum atomic E-state index is -4.68. The number of aliphatic hydroxyl groups is 1. The van der Waals surface area contributed by atoms with E-state index in [1.807, 2.05) is 6.92 Å². The topological polar surface area (TPSA) is 41.5 Å². The van der Waals surface area contributed by atoms with Crippen molar-refractivity contribution < 1.29 is 23.0 Å². The Bertz CT molecular complexity index is 355. The molecule has 2 N–H and O–H groups in total. The molecule has 0 aliphatic carbocycles. The lowest BCUT2D eigenvalue weighted by atomic mass is 10.2. The molecule has 0 fully saturated rings. The van der Waals surface area contributed by atoms with Crippen LogP contribution in [-0.4, -0.2) is 24.6 Å². The van der Waals surface area contributed by atoms with Crippen LogP contribution in [0.25, 0.3) is 0 Å². The first-order chi connectivity index (χ1) is 7.90. The van der Waals surface area contributed by atoms with E-state index in [2.05, 4.69) is 10.1 Å². The number of hydrogen-bond acceptors (Lipinski definition) is 3. The molecule has 0 heterocycles. The van der Waals surface area contributed by atoms with Crippen LogP contribution in [0.2, 0.25) is 0 Å². The molecule has 96 valence electrons. The van der Waals surface area contributed by atoms with Gasteiger partial charge in [0.1, 0.15) is 5.75 Å². The highest BCUT2D eigenvalue weighted by Gasteiger charge is 2.31. The lowest BCUT2D eigenvalue weighted by Gasteiger charge is -2.13. The molecule has 0 bridgehead atoms. The molecule has 1 rings (SSSR count). The van der Waals surface area contributed by atoms with Gasteiger partial charge in [0, 0.05) is 24.9 Å². The van der Waals surface area contributed by atoms with Crippen LogP contribution in [0.3, 0.4) is 0 Å². The molecular formula is C11H14F3NO2. The molecule has 6 heteroatoms. The molecule has 1 aromatic rings. The van der Waals surface area contributed by atoms with Crippen molar-refractivity contribution in [3.05, 3.63) is 24.3 Å². The van der Waals surface area contributed by atoms with Crippen molar-refractivity contribution in [1.29, 1.82) is 0 Å². The number of hydrogen-bond donors (Lipinski definition) is 2. The van der Waals surface area contributed by atoms with Gasteiger partial charge < -0.3 is 15.2 Å². The van der Waals surface area contributed by atoms with Gasteiger partial charge in [-0.3, -0.25) is 0 Å². The third-order valence-corrected chi connectivity index (χ3v) is 2.03. The molecular weight excluding hydrogens is 235 g/mol. The van der Waals surface area contributed by atoms with Crippen molar-refractivity contribution in [2.75, 3.05) is 18.5 Å². The van der Waals surface area contributed by atoms with E-state index < -0.39 is 6.36 Å². The van der Waals surface area contributed by atoms with Crippen LogP contribution in [0.5, 0.6) is 5.75 Å². The molecule has 0 saturated carbocycles. The fourth-order valence-electron chi connectivity index (χ4n) is 1.16. The molecule has 0 aliphatic heterocycles. The number of ether oxygens (including phenoxy) is 1. The summed E-state index contributed by atoms with van der Waals surface area (Å²) in [6.07, 6.45) is -4.68. The molecule has 0 aromatic heterocycles. The summed E-state index contributed by atoms with van der Waals surface area (Å²) in [5.74, 6) is -0.235. The molecule has 1 unspecified atom stereocenters. The summed E-state index contributed by atoms with van der Waals surface area (Å²) in [4.78, 5) is 0. The van der Waals surface area contributed by atoms with Crippen LogP contribution in [0, 0.1) is 5.92 Å². The minimum absolute atomic E-state index is 0.0196. The van der Waals surface area contributed by atoms with Crippen LogP contribution in [0.4, 0.5) is 18.9 Å². The standard InChI is InChI=1S/C11H14F3NO2/c1-8(7-16)6-15-9-3-2-4-10(5-9)17-11(12,13)14/h2-5,8,15-16H,6-7H2,1H3. The molecule has 0 amide bonds. The predicted molar refractivity (Wildman–Crippen MR) is 57.9 cm³/mol. The average Bonchev–Trinajstić information content (AvgIpc) is 2.24. The highest BCUT2D eigenvalue weighted by Crippen LogP contribution is 2.25. The molecule has 0 radical (unpaired) electrons. The van der Waals surface area contributed by atoms with E-state index in [0.29, 0.717) is 12.2 Å². The number of aliphatic hydroxyl groups excluding tert-OH is 1. The predicted octanol–water partition coefficient (Wildman–Crippen LogP) is 2.63. The lowest BCUT2D eigenvalue weighted by Crippen LogP contribution is -2.17. The smallest absolute Gasteiger partial charge is 0.406 e. The van der Waals surface area contributed by atoms with Gasteiger partial charge in [0.15, 0.2) is 0 Å². The number of rotatable bonds is 5. The molecule has 3 nitrogen and oxygen atoms in total. The van der Waals surface area contributed by atoms with Gasteiger partial charge >= 0.3 is 6.36 Å². The highest BCUT2D eigenvalue weighted by atomic mass is 19.4. The maximum Gasteiger partial charge on any atom is 0.573 e. The van der Waals surface area contributed by atoms with Gasteiger partial charge in [0.25, 0.3) is 0 Å². The molecule has 17 heavy (non-hydrogen) atoms. The summed E-state index contributed by atoms with van der Waals surface area (Å²) in [7, 11) is 0. The monoisotopic (exact) mass is 249 g/mol. The van der Waals surface area contributed by atoms with Gasteiger partial charge in [-0.1, -0.05) is 13.0 Å². The van der Waals surface area contributed by atoms with Crippen LogP contribution in [0.1, 0.15) is 6.92 Å². The molecule has 0 saturated heterocycles. The van der Waals surface area contributed by atoms with E-state index >= 15 is 0 Å². The zero-order chi connectivity index (χ0) is 12.9.